The molecule has 4 rings (SSSR count). The Morgan fingerprint density at radius 2 is 1.80 bits per heavy atom. The van der Waals surface area contributed by atoms with Gasteiger partial charge in [0.15, 0.2) is 0 Å². The van der Waals surface area contributed by atoms with Gasteiger partial charge in [-0.05, 0) is 24.3 Å². The SMILES string of the molecule is NS(=O)(=O)c1ccc(C[NH2+]c2ncnc3c2oc2ccccc23)cc1. The van der Waals surface area contributed by atoms with E-state index >= 15 is 0 Å². The number of rotatable bonds is 4. The number of aromatic nitrogens is 2. The summed E-state index contributed by atoms with van der Waals surface area (Å²) in [5.41, 5.74) is 3.13. The fourth-order valence-corrected chi connectivity index (χ4v) is 3.23. The molecule has 25 heavy (non-hydrogen) atoms. The van der Waals surface area contributed by atoms with Crippen LogP contribution < -0.4 is 10.5 Å². The van der Waals surface area contributed by atoms with E-state index in [1.165, 1.54) is 18.5 Å². The third-order valence-electron chi connectivity index (χ3n) is 3.97. The van der Waals surface area contributed by atoms with Crippen molar-refractivity contribution in [1.82, 2.24) is 9.97 Å². The molecule has 4 aromatic rings. The van der Waals surface area contributed by atoms with E-state index in [1.807, 2.05) is 29.6 Å². The molecular formula is C17H15N4O3S+. The number of nitrogens with two attached hydrogens (primary N) is 2. The van der Waals surface area contributed by atoms with Gasteiger partial charge in [0.25, 0.3) is 5.82 Å². The minimum atomic E-state index is -3.68. The normalized spacial score (nSPS) is 12.0. The first-order valence-corrected chi connectivity index (χ1v) is 9.14. The zero-order chi connectivity index (χ0) is 17.4. The van der Waals surface area contributed by atoms with E-state index in [4.69, 9.17) is 9.56 Å². The molecule has 0 atom stereocenters. The van der Waals surface area contributed by atoms with Crippen LogP contribution in [0.4, 0.5) is 5.82 Å². The molecule has 8 heteroatoms. The molecule has 4 N–H and O–H groups in total. The lowest BCUT2D eigenvalue weighted by Crippen LogP contribution is -2.76. The van der Waals surface area contributed by atoms with Crippen LogP contribution in [0.5, 0.6) is 0 Å². The Bertz CT molecular complexity index is 1170. The van der Waals surface area contributed by atoms with Crippen LogP contribution >= 0.6 is 0 Å². The fraction of sp³-hybridized carbons (Fsp3) is 0.0588. The van der Waals surface area contributed by atoms with Gasteiger partial charge in [0.1, 0.15) is 24.0 Å². The van der Waals surface area contributed by atoms with Gasteiger partial charge in [0.05, 0.1) is 4.90 Å². The lowest BCUT2D eigenvalue weighted by atomic mass is 10.2. The first-order chi connectivity index (χ1) is 12.0. The maximum atomic E-state index is 11.3. The monoisotopic (exact) mass is 355 g/mol. The molecule has 126 valence electrons. The van der Waals surface area contributed by atoms with Gasteiger partial charge in [-0.2, -0.15) is 4.98 Å². The molecule has 0 fully saturated rings. The number of para-hydroxylation sites is 1. The molecule has 0 unspecified atom stereocenters. The van der Waals surface area contributed by atoms with Crippen molar-refractivity contribution >= 4 is 37.9 Å². The Hall–Kier alpha value is -2.81. The molecule has 0 bridgehead atoms. The van der Waals surface area contributed by atoms with Gasteiger partial charge in [0, 0.05) is 10.9 Å². The summed E-state index contributed by atoms with van der Waals surface area (Å²) in [6.45, 7) is 0.577. The zero-order valence-electron chi connectivity index (χ0n) is 13.1. The number of benzene rings is 2. The predicted molar refractivity (Wildman–Crippen MR) is 92.4 cm³/mol. The van der Waals surface area contributed by atoms with Gasteiger partial charge in [-0.25, -0.2) is 18.5 Å². The van der Waals surface area contributed by atoms with Crippen molar-refractivity contribution in [1.29, 1.82) is 0 Å². The number of hydrogen-bond donors (Lipinski definition) is 2. The Kier molecular flexibility index (Phi) is 3.72. The van der Waals surface area contributed by atoms with Crippen molar-refractivity contribution in [2.24, 2.45) is 5.14 Å². The molecule has 0 radical (unpaired) electrons. The summed E-state index contributed by atoms with van der Waals surface area (Å²) >= 11 is 0. The first-order valence-electron chi connectivity index (χ1n) is 7.59. The van der Waals surface area contributed by atoms with Crippen LogP contribution in [0, 0.1) is 0 Å². The van der Waals surface area contributed by atoms with Gasteiger partial charge in [-0.15, -0.1) is 0 Å². The first kappa shape index (κ1) is 15.7. The van der Waals surface area contributed by atoms with Crippen LogP contribution in [-0.4, -0.2) is 18.4 Å². The zero-order valence-corrected chi connectivity index (χ0v) is 13.9. The Morgan fingerprint density at radius 1 is 1.04 bits per heavy atom. The Balaban J connectivity index is 1.63. The summed E-state index contributed by atoms with van der Waals surface area (Å²) in [4.78, 5) is 8.71. The summed E-state index contributed by atoms with van der Waals surface area (Å²) in [5, 5.41) is 7.99. The summed E-state index contributed by atoms with van der Waals surface area (Å²) in [6, 6.07) is 14.2. The molecule has 0 aliphatic carbocycles. The maximum absolute atomic E-state index is 11.3. The van der Waals surface area contributed by atoms with Crippen LogP contribution in [0.3, 0.4) is 0 Å². The van der Waals surface area contributed by atoms with Crippen molar-refractivity contribution < 1.29 is 18.2 Å². The van der Waals surface area contributed by atoms with Crippen molar-refractivity contribution in [2.75, 3.05) is 0 Å². The number of quaternary nitrogens is 1. The highest BCUT2D eigenvalue weighted by Gasteiger charge is 2.15. The molecule has 0 saturated heterocycles. The van der Waals surface area contributed by atoms with E-state index < -0.39 is 10.0 Å². The van der Waals surface area contributed by atoms with Crippen LogP contribution in [0.1, 0.15) is 5.56 Å². The predicted octanol–water partition coefficient (Wildman–Crippen LogP) is 1.42. The fourth-order valence-electron chi connectivity index (χ4n) is 2.72. The summed E-state index contributed by atoms with van der Waals surface area (Å²) < 4.78 is 28.5. The molecule has 0 aliphatic rings. The van der Waals surface area contributed by atoms with Gasteiger partial charge >= 0.3 is 0 Å². The number of fused-ring (bicyclic) bond motifs is 3. The van der Waals surface area contributed by atoms with Gasteiger partial charge in [-0.1, -0.05) is 24.3 Å². The average molecular weight is 355 g/mol. The molecule has 0 spiro atoms. The molecule has 0 saturated carbocycles. The summed E-state index contributed by atoms with van der Waals surface area (Å²) in [6.07, 6.45) is 1.51. The Morgan fingerprint density at radius 3 is 2.56 bits per heavy atom. The van der Waals surface area contributed by atoms with Crippen LogP contribution in [0.25, 0.3) is 22.1 Å². The van der Waals surface area contributed by atoms with Crippen LogP contribution in [0.15, 0.2) is 64.2 Å². The van der Waals surface area contributed by atoms with Crippen LogP contribution in [-0.2, 0) is 16.6 Å². The lowest BCUT2D eigenvalue weighted by molar-refractivity contribution is -0.591. The van der Waals surface area contributed by atoms with E-state index in [0.29, 0.717) is 17.9 Å². The van der Waals surface area contributed by atoms with Gasteiger partial charge in [0.2, 0.25) is 15.6 Å². The van der Waals surface area contributed by atoms with Gasteiger partial charge < -0.3 is 4.42 Å². The molecule has 2 heterocycles. The summed E-state index contributed by atoms with van der Waals surface area (Å²) in [7, 11) is -3.68. The lowest BCUT2D eigenvalue weighted by Gasteiger charge is -2.02. The minimum absolute atomic E-state index is 0.0953. The van der Waals surface area contributed by atoms with Crippen molar-refractivity contribution in [3.05, 3.63) is 60.4 Å². The molecule has 2 aromatic carbocycles. The molecule has 2 aromatic heterocycles. The number of sulfonamides is 1. The Labute approximate surface area is 143 Å². The molecule has 0 aliphatic heterocycles. The van der Waals surface area contributed by atoms with E-state index in [2.05, 4.69) is 9.97 Å². The number of hydrogen-bond acceptors (Lipinski definition) is 5. The quantitative estimate of drug-likeness (QED) is 0.574. The summed E-state index contributed by atoms with van der Waals surface area (Å²) in [5.74, 6) is 0.705. The van der Waals surface area contributed by atoms with E-state index in [9.17, 15) is 8.42 Å². The number of primary sulfonamides is 1. The minimum Gasteiger partial charge on any atom is -0.446 e. The van der Waals surface area contributed by atoms with E-state index in [1.54, 1.807) is 12.1 Å². The second-order valence-electron chi connectivity index (χ2n) is 5.63. The van der Waals surface area contributed by atoms with Crippen molar-refractivity contribution in [2.45, 2.75) is 11.4 Å². The molecule has 0 amide bonds. The second-order valence-corrected chi connectivity index (χ2v) is 7.19. The van der Waals surface area contributed by atoms with Gasteiger partial charge in [-0.3, -0.25) is 5.32 Å². The third kappa shape index (κ3) is 2.98. The third-order valence-corrected chi connectivity index (χ3v) is 4.90. The molecular weight excluding hydrogens is 340 g/mol. The smallest absolute Gasteiger partial charge is 0.272 e. The highest BCUT2D eigenvalue weighted by atomic mass is 32.2. The number of furan rings is 1. The highest BCUT2D eigenvalue weighted by molar-refractivity contribution is 7.89. The van der Waals surface area contributed by atoms with Crippen LogP contribution in [0.2, 0.25) is 0 Å². The largest absolute Gasteiger partial charge is 0.446 e. The molecule has 7 nitrogen and oxygen atoms in total. The van der Waals surface area contributed by atoms with E-state index in [0.717, 1.165) is 22.0 Å². The second kappa shape index (κ2) is 5.92. The van der Waals surface area contributed by atoms with Crippen molar-refractivity contribution in [3.63, 3.8) is 0 Å². The standard InChI is InChI=1S/C17H14N4O3S/c18-25(22,23)12-7-5-11(6-8-12)9-19-17-16-15(20-10-21-17)13-3-1-2-4-14(13)24-16/h1-8,10H,9H2,(H2,18,22,23)(H,19,20,21)/p+1. The topological polar surface area (TPSA) is 116 Å². The average Bonchev–Trinajstić information content (AvgIpc) is 2.99. The van der Waals surface area contributed by atoms with Crippen molar-refractivity contribution in [3.8, 4) is 0 Å². The highest BCUT2D eigenvalue weighted by Crippen LogP contribution is 2.28. The van der Waals surface area contributed by atoms with E-state index in [-0.39, 0.29) is 4.90 Å². The maximum Gasteiger partial charge on any atom is 0.272 e. The number of nitrogens with zero attached hydrogens (tertiary/aromatic N) is 2.